The van der Waals surface area contributed by atoms with Crippen LogP contribution in [0.4, 0.5) is 10.1 Å². The fraction of sp³-hybridized carbons (Fsp3) is 0.316. The number of anilines is 1. The first kappa shape index (κ1) is 16.8. The smallest absolute Gasteiger partial charge is 0.254 e. The molecular weight excluding hydrogens is 327 g/mol. The number of fused-ring (bicyclic) bond motifs is 1. The third kappa shape index (κ3) is 3.24. The number of carbonyl (C=O) groups excluding carboxylic acids is 1. The largest absolute Gasteiger partial charge is 0.384 e. The van der Waals surface area contributed by atoms with Crippen LogP contribution in [-0.2, 0) is 13.0 Å². The van der Waals surface area contributed by atoms with E-state index in [-0.39, 0.29) is 30.2 Å². The molecule has 24 heavy (non-hydrogen) atoms. The molecule has 2 aliphatic rings. The van der Waals surface area contributed by atoms with Crippen molar-refractivity contribution in [3.63, 3.8) is 0 Å². The third-order valence-electron chi connectivity index (χ3n) is 4.61. The average molecular weight is 347 g/mol. The van der Waals surface area contributed by atoms with Crippen molar-refractivity contribution in [2.24, 2.45) is 0 Å². The van der Waals surface area contributed by atoms with Crippen molar-refractivity contribution in [2.75, 3.05) is 11.9 Å². The highest BCUT2D eigenvalue weighted by molar-refractivity contribution is 5.95. The maximum atomic E-state index is 13.9. The predicted molar refractivity (Wildman–Crippen MR) is 95.2 cm³/mol. The van der Waals surface area contributed by atoms with Gasteiger partial charge in [0.2, 0.25) is 0 Å². The van der Waals surface area contributed by atoms with Crippen LogP contribution in [0.2, 0.25) is 0 Å². The first-order valence-electron chi connectivity index (χ1n) is 8.13. The first-order valence-corrected chi connectivity index (χ1v) is 8.13. The number of nitrogens with one attached hydrogen (secondary N) is 1. The van der Waals surface area contributed by atoms with Crippen LogP contribution in [0.1, 0.15) is 34.3 Å². The van der Waals surface area contributed by atoms with Crippen molar-refractivity contribution < 1.29 is 9.18 Å². The monoisotopic (exact) mass is 346 g/mol. The Balaban J connectivity index is 0.00000169. The van der Waals surface area contributed by atoms with E-state index in [9.17, 15) is 9.18 Å². The van der Waals surface area contributed by atoms with Crippen LogP contribution < -0.4 is 5.32 Å². The molecule has 126 valence electrons. The summed E-state index contributed by atoms with van der Waals surface area (Å²) in [5.74, 6) is -0.241. The Labute approximate surface area is 147 Å². The Hall–Kier alpha value is -2.07. The molecule has 0 radical (unpaired) electrons. The second kappa shape index (κ2) is 6.81. The van der Waals surface area contributed by atoms with Gasteiger partial charge in [0.05, 0.1) is 0 Å². The minimum Gasteiger partial charge on any atom is -0.384 e. The van der Waals surface area contributed by atoms with Gasteiger partial charge >= 0.3 is 0 Å². The van der Waals surface area contributed by atoms with E-state index in [1.807, 2.05) is 29.2 Å². The maximum Gasteiger partial charge on any atom is 0.254 e. The lowest BCUT2D eigenvalue weighted by atomic mass is 10.1. The molecule has 3 nitrogen and oxygen atoms in total. The van der Waals surface area contributed by atoms with Gasteiger partial charge in [-0.25, -0.2) is 4.39 Å². The van der Waals surface area contributed by atoms with E-state index >= 15 is 0 Å². The van der Waals surface area contributed by atoms with Crippen LogP contribution in [0, 0.1) is 5.82 Å². The van der Waals surface area contributed by atoms with E-state index < -0.39 is 0 Å². The molecule has 2 aromatic carbocycles. The molecule has 1 heterocycles. The summed E-state index contributed by atoms with van der Waals surface area (Å²) in [6.07, 6.45) is 2.96. The van der Waals surface area contributed by atoms with Crippen molar-refractivity contribution in [1.82, 2.24) is 4.90 Å². The van der Waals surface area contributed by atoms with Gasteiger partial charge in [-0.15, -0.1) is 12.4 Å². The highest BCUT2D eigenvalue weighted by Crippen LogP contribution is 2.31. The highest BCUT2D eigenvalue weighted by atomic mass is 35.5. The van der Waals surface area contributed by atoms with Gasteiger partial charge < -0.3 is 10.2 Å². The summed E-state index contributed by atoms with van der Waals surface area (Å²) in [6, 6.07) is 12.8. The molecule has 0 aromatic heterocycles. The lowest BCUT2D eigenvalue weighted by molar-refractivity contribution is 0.0728. The van der Waals surface area contributed by atoms with Crippen LogP contribution in [0.15, 0.2) is 42.5 Å². The molecule has 1 N–H and O–H groups in total. The molecule has 1 fully saturated rings. The molecule has 1 aliphatic heterocycles. The Morgan fingerprint density at radius 1 is 1.21 bits per heavy atom. The topological polar surface area (TPSA) is 32.3 Å². The van der Waals surface area contributed by atoms with Crippen LogP contribution in [0.25, 0.3) is 0 Å². The summed E-state index contributed by atoms with van der Waals surface area (Å²) >= 11 is 0. The number of rotatable bonds is 4. The van der Waals surface area contributed by atoms with E-state index in [4.69, 9.17) is 0 Å². The Kier molecular flexibility index (Phi) is 4.76. The Bertz CT molecular complexity index is 761. The van der Waals surface area contributed by atoms with Gasteiger partial charge in [0.1, 0.15) is 5.82 Å². The van der Waals surface area contributed by atoms with Gasteiger partial charge in [-0.3, -0.25) is 4.79 Å². The fourth-order valence-corrected chi connectivity index (χ4v) is 3.17. The summed E-state index contributed by atoms with van der Waals surface area (Å²) in [6.45, 7) is 1.26. The fourth-order valence-electron chi connectivity index (χ4n) is 3.17. The molecule has 0 saturated heterocycles. The standard InChI is InChI=1S/C19H19FN2O.ClH/c20-17-4-2-1-3-15(17)12-22(16-6-7-16)19(23)14-5-8-18-13(11-14)9-10-21-18;/h1-5,8,11,16,21H,6-7,9-10,12H2;1H. The van der Waals surface area contributed by atoms with Crippen molar-refractivity contribution in [3.8, 4) is 0 Å². The Morgan fingerprint density at radius 3 is 2.75 bits per heavy atom. The maximum absolute atomic E-state index is 13.9. The van der Waals surface area contributed by atoms with Gasteiger partial charge in [0, 0.05) is 35.9 Å². The SMILES string of the molecule is Cl.O=C(c1ccc2c(c1)CCN2)N(Cc1ccccc1F)C1CC1. The van der Waals surface area contributed by atoms with E-state index in [0.29, 0.717) is 17.7 Å². The van der Waals surface area contributed by atoms with Gasteiger partial charge in [0.15, 0.2) is 0 Å². The predicted octanol–water partition coefficient (Wildman–Crippen LogP) is 4.02. The zero-order valence-electron chi connectivity index (χ0n) is 13.3. The molecule has 2 aromatic rings. The summed E-state index contributed by atoms with van der Waals surface area (Å²) in [5, 5.41) is 3.30. The average Bonchev–Trinajstić information content (AvgIpc) is 3.30. The lowest BCUT2D eigenvalue weighted by Crippen LogP contribution is -2.33. The van der Waals surface area contributed by atoms with E-state index in [1.165, 1.54) is 11.6 Å². The van der Waals surface area contributed by atoms with Crippen LogP contribution in [-0.4, -0.2) is 23.4 Å². The minimum absolute atomic E-state index is 0. The van der Waals surface area contributed by atoms with E-state index in [1.54, 1.807) is 12.1 Å². The molecule has 0 bridgehead atoms. The molecular formula is C19H20ClFN2O. The van der Waals surface area contributed by atoms with Crippen LogP contribution in [0.3, 0.4) is 0 Å². The van der Waals surface area contributed by atoms with Gasteiger partial charge in [-0.2, -0.15) is 0 Å². The number of nitrogens with zero attached hydrogens (tertiary/aromatic N) is 1. The normalized spacial score (nSPS) is 15.2. The number of amides is 1. The molecule has 0 unspecified atom stereocenters. The molecule has 1 saturated carbocycles. The third-order valence-corrected chi connectivity index (χ3v) is 4.61. The van der Waals surface area contributed by atoms with Gasteiger partial charge in [0.25, 0.3) is 5.91 Å². The quantitative estimate of drug-likeness (QED) is 0.906. The summed E-state index contributed by atoms with van der Waals surface area (Å²) in [5.41, 5.74) is 3.59. The molecule has 5 heteroatoms. The molecule has 4 rings (SSSR count). The zero-order valence-corrected chi connectivity index (χ0v) is 14.1. The molecule has 1 amide bonds. The highest BCUT2D eigenvalue weighted by Gasteiger charge is 2.33. The van der Waals surface area contributed by atoms with Crippen molar-refractivity contribution in [3.05, 3.63) is 65.0 Å². The molecule has 0 atom stereocenters. The zero-order chi connectivity index (χ0) is 15.8. The van der Waals surface area contributed by atoms with Crippen molar-refractivity contribution in [1.29, 1.82) is 0 Å². The summed E-state index contributed by atoms with van der Waals surface area (Å²) in [7, 11) is 0. The number of halogens is 2. The lowest BCUT2D eigenvalue weighted by Gasteiger charge is -2.23. The number of benzene rings is 2. The summed E-state index contributed by atoms with van der Waals surface area (Å²) in [4.78, 5) is 14.7. The first-order chi connectivity index (χ1) is 11.2. The second-order valence-corrected chi connectivity index (χ2v) is 6.30. The minimum atomic E-state index is -0.246. The van der Waals surface area contributed by atoms with Gasteiger partial charge in [-0.1, -0.05) is 18.2 Å². The number of hydrogen-bond acceptors (Lipinski definition) is 2. The van der Waals surface area contributed by atoms with Crippen molar-refractivity contribution in [2.45, 2.75) is 31.8 Å². The number of hydrogen-bond donors (Lipinski definition) is 1. The van der Waals surface area contributed by atoms with Crippen molar-refractivity contribution >= 4 is 24.0 Å². The van der Waals surface area contributed by atoms with Crippen LogP contribution in [0.5, 0.6) is 0 Å². The second-order valence-electron chi connectivity index (χ2n) is 6.30. The molecule has 0 spiro atoms. The Morgan fingerprint density at radius 2 is 2.00 bits per heavy atom. The summed E-state index contributed by atoms with van der Waals surface area (Å²) < 4.78 is 13.9. The number of carbonyl (C=O) groups is 1. The van der Waals surface area contributed by atoms with Crippen LogP contribution >= 0.6 is 12.4 Å². The molecule has 1 aliphatic carbocycles. The van der Waals surface area contributed by atoms with Gasteiger partial charge in [-0.05, 0) is 49.1 Å². The van der Waals surface area contributed by atoms with E-state index in [2.05, 4.69) is 5.32 Å². The van der Waals surface area contributed by atoms with E-state index in [0.717, 1.165) is 31.5 Å².